The van der Waals surface area contributed by atoms with Crippen LogP contribution in [0.4, 0.5) is 8.78 Å². The van der Waals surface area contributed by atoms with E-state index in [0.29, 0.717) is 25.9 Å². The van der Waals surface area contributed by atoms with Crippen LogP contribution in [0.3, 0.4) is 0 Å². The predicted octanol–water partition coefficient (Wildman–Crippen LogP) is 9.09. The highest BCUT2D eigenvalue weighted by Crippen LogP contribution is 2.27. The monoisotopic (exact) mass is 395 g/mol. The molecule has 0 fully saturated rings. The van der Waals surface area contributed by atoms with Crippen molar-refractivity contribution in [2.24, 2.45) is 0 Å². The van der Waals surface area contributed by atoms with Crippen LogP contribution in [0.2, 0.25) is 0 Å². The Morgan fingerprint density at radius 2 is 1.07 bits per heavy atom. The number of hydrogen-bond donors (Lipinski definition) is 0. The Kier molecular flexibility index (Phi) is 11.7. The summed E-state index contributed by atoms with van der Waals surface area (Å²) in [6.07, 6.45) is 10.2. The van der Waals surface area contributed by atoms with Crippen LogP contribution in [0.1, 0.15) is 144 Å². The van der Waals surface area contributed by atoms with E-state index in [1.807, 2.05) is 20.8 Å². The molecule has 0 spiro atoms. The summed E-state index contributed by atoms with van der Waals surface area (Å²) < 4.78 is 70.0. The third-order valence-electron chi connectivity index (χ3n) is 4.82. The van der Waals surface area contributed by atoms with Crippen molar-refractivity contribution in [2.45, 2.75) is 148 Å². The van der Waals surface area contributed by atoms with Crippen LogP contribution in [-0.2, 0) is 4.74 Å². The molecule has 0 saturated heterocycles. The second kappa shape index (κ2) is 16.7. The van der Waals surface area contributed by atoms with Gasteiger partial charge in [-0.15, -0.1) is 0 Å². The first-order valence-corrected chi connectivity index (χ1v) is 11.2. The molecular weight excluding hydrogens is 342 g/mol. The highest BCUT2D eigenvalue weighted by Gasteiger charge is 2.27. The van der Waals surface area contributed by atoms with Gasteiger partial charge in [0.25, 0.3) is 0 Å². The van der Waals surface area contributed by atoms with Crippen molar-refractivity contribution in [3.8, 4) is 0 Å². The SMILES string of the molecule is [2H]C([2H])([2H])C([2H])([2H])CCCCCCCCCCCCCCC(F)(F)CCCOC(C)(C)C. The van der Waals surface area contributed by atoms with Gasteiger partial charge in [0.1, 0.15) is 0 Å². The van der Waals surface area contributed by atoms with Crippen molar-refractivity contribution < 1.29 is 20.4 Å². The van der Waals surface area contributed by atoms with Gasteiger partial charge >= 0.3 is 0 Å². The fourth-order valence-corrected chi connectivity index (χ4v) is 3.20. The van der Waals surface area contributed by atoms with E-state index in [1.54, 1.807) is 0 Å². The van der Waals surface area contributed by atoms with Gasteiger partial charge in [-0.25, -0.2) is 8.78 Å². The molecule has 0 aliphatic rings. The largest absolute Gasteiger partial charge is 0.376 e. The molecule has 164 valence electrons. The molecule has 0 bridgehead atoms. The standard InChI is InChI=1S/C24H48F2O/c1-5-6-7-8-9-10-11-12-13-14-15-16-17-18-20-24(25,26)21-19-22-27-23(2,3)4/h5-22H2,1-4H3/i1D3,5D2. The van der Waals surface area contributed by atoms with Crippen LogP contribution in [-0.4, -0.2) is 18.1 Å². The molecule has 0 atom stereocenters. The van der Waals surface area contributed by atoms with Gasteiger partial charge in [-0.1, -0.05) is 90.3 Å². The van der Waals surface area contributed by atoms with E-state index < -0.39 is 19.1 Å². The number of hydrogen-bond acceptors (Lipinski definition) is 1. The lowest BCUT2D eigenvalue weighted by Gasteiger charge is -2.21. The first-order chi connectivity index (χ1) is 14.7. The fraction of sp³-hybridized carbons (Fsp3) is 1.00. The Labute approximate surface area is 176 Å². The molecule has 0 aromatic carbocycles. The highest BCUT2D eigenvalue weighted by atomic mass is 19.3. The molecule has 0 N–H and O–H groups in total. The summed E-state index contributed by atoms with van der Waals surface area (Å²) in [5, 5.41) is 0. The van der Waals surface area contributed by atoms with Crippen LogP contribution in [0.15, 0.2) is 0 Å². The maximum absolute atomic E-state index is 13.9. The highest BCUT2D eigenvalue weighted by molar-refractivity contribution is 4.67. The molecule has 0 amide bonds. The number of halogens is 2. The molecule has 3 heteroatoms. The van der Waals surface area contributed by atoms with Crippen LogP contribution >= 0.6 is 0 Å². The zero-order valence-electron chi connectivity index (χ0n) is 23.2. The summed E-state index contributed by atoms with van der Waals surface area (Å²) >= 11 is 0. The summed E-state index contributed by atoms with van der Waals surface area (Å²) in [5.74, 6) is -2.57. The molecule has 0 aliphatic heterocycles. The molecule has 0 aromatic rings. The Balaban J connectivity index is 3.45. The van der Waals surface area contributed by atoms with E-state index in [0.717, 1.165) is 51.4 Å². The van der Waals surface area contributed by atoms with Crippen LogP contribution in [0, 0.1) is 0 Å². The summed E-state index contributed by atoms with van der Waals surface area (Å²) in [6.45, 7) is 3.66. The molecule has 0 unspecified atom stereocenters. The normalized spacial score (nSPS) is 16.4. The van der Waals surface area contributed by atoms with Crippen molar-refractivity contribution in [2.75, 3.05) is 6.61 Å². The third-order valence-corrected chi connectivity index (χ3v) is 4.82. The number of rotatable bonds is 19. The zero-order chi connectivity index (χ0) is 24.7. The average molecular weight is 396 g/mol. The second-order valence-corrected chi connectivity index (χ2v) is 8.84. The Morgan fingerprint density at radius 3 is 1.52 bits per heavy atom. The minimum absolute atomic E-state index is 0.0174. The van der Waals surface area contributed by atoms with E-state index >= 15 is 0 Å². The van der Waals surface area contributed by atoms with Gasteiger partial charge in [-0.3, -0.25) is 0 Å². The topological polar surface area (TPSA) is 9.23 Å². The van der Waals surface area contributed by atoms with E-state index in [2.05, 4.69) is 0 Å². The number of unbranched alkanes of at least 4 members (excludes halogenated alkanes) is 11. The van der Waals surface area contributed by atoms with Gasteiger partial charge in [-0.2, -0.15) is 0 Å². The van der Waals surface area contributed by atoms with Gasteiger partial charge in [0.2, 0.25) is 5.92 Å². The smallest absolute Gasteiger partial charge is 0.248 e. The second-order valence-electron chi connectivity index (χ2n) is 8.84. The lowest BCUT2D eigenvalue weighted by molar-refractivity contribution is -0.0443. The minimum Gasteiger partial charge on any atom is -0.376 e. The predicted molar refractivity (Wildman–Crippen MR) is 115 cm³/mol. The van der Waals surface area contributed by atoms with E-state index in [9.17, 15) is 8.78 Å². The first-order valence-electron chi connectivity index (χ1n) is 13.7. The Morgan fingerprint density at radius 1 is 0.667 bits per heavy atom. The van der Waals surface area contributed by atoms with Crippen molar-refractivity contribution in [1.82, 2.24) is 0 Å². The molecule has 0 radical (unpaired) electrons. The molecule has 0 rings (SSSR count). The lowest BCUT2D eigenvalue weighted by atomic mass is 10.0. The Bertz CT molecular complexity index is 462. The van der Waals surface area contributed by atoms with Crippen LogP contribution < -0.4 is 0 Å². The molecule has 1 nitrogen and oxygen atoms in total. The molecule has 0 aliphatic carbocycles. The van der Waals surface area contributed by atoms with Gasteiger partial charge in [-0.05, 0) is 33.6 Å². The third kappa shape index (κ3) is 22.0. The van der Waals surface area contributed by atoms with Gasteiger partial charge in [0, 0.05) is 26.3 Å². The molecule has 0 heterocycles. The van der Waals surface area contributed by atoms with Crippen molar-refractivity contribution in [3.63, 3.8) is 0 Å². The Hall–Kier alpha value is -0.180. The number of ether oxygens (including phenoxy) is 1. The first kappa shape index (κ1) is 18.8. The average Bonchev–Trinajstić information content (AvgIpc) is 2.64. The maximum Gasteiger partial charge on any atom is 0.248 e. The summed E-state index contributed by atoms with van der Waals surface area (Å²) in [4.78, 5) is 0. The zero-order valence-corrected chi connectivity index (χ0v) is 18.2. The summed E-state index contributed by atoms with van der Waals surface area (Å²) in [7, 11) is 0. The van der Waals surface area contributed by atoms with Crippen LogP contribution in [0.5, 0.6) is 0 Å². The lowest BCUT2D eigenvalue weighted by Crippen LogP contribution is -2.22. The van der Waals surface area contributed by atoms with Crippen molar-refractivity contribution in [3.05, 3.63) is 0 Å². The van der Waals surface area contributed by atoms with Crippen molar-refractivity contribution in [1.29, 1.82) is 0 Å². The van der Waals surface area contributed by atoms with Gasteiger partial charge in [0.15, 0.2) is 0 Å². The van der Waals surface area contributed by atoms with Gasteiger partial charge in [0.05, 0.1) is 5.60 Å². The summed E-state index contributed by atoms with van der Waals surface area (Å²) in [6, 6.07) is 0. The van der Waals surface area contributed by atoms with Crippen LogP contribution in [0.25, 0.3) is 0 Å². The fourth-order valence-electron chi connectivity index (χ4n) is 3.20. The van der Waals surface area contributed by atoms with E-state index in [4.69, 9.17) is 11.6 Å². The van der Waals surface area contributed by atoms with Gasteiger partial charge < -0.3 is 4.74 Å². The minimum atomic E-state index is -2.57. The number of alkyl halides is 2. The molecule has 0 saturated carbocycles. The molecular formula is C24H48F2O. The summed E-state index contributed by atoms with van der Waals surface area (Å²) in [5.41, 5.74) is -0.267. The molecule has 27 heavy (non-hydrogen) atoms. The maximum atomic E-state index is 13.9. The van der Waals surface area contributed by atoms with E-state index in [-0.39, 0.29) is 24.9 Å². The van der Waals surface area contributed by atoms with Crippen molar-refractivity contribution >= 4 is 0 Å². The van der Waals surface area contributed by atoms with E-state index in [1.165, 1.54) is 12.8 Å². The molecule has 0 aromatic heterocycles. The quantitative estimate of drug-likeness (QED) is 0.198.